The number of rotatable bonds is 5. The molecule has 5 atom stereocenters. The molecule has 0 aromatic rings. The molecule has 1 saturated heterocycles. The molecule has 0 bridgehead atoms. The van der Waals surface area contributed by atoms with Crippen molar-refractivity contribution in [3.63, 3.8) is 0 Å². The number of alkyl halides is 3. The summed E-state index contributed by atoms with van der Waals surface area (Å²) in [6.45, 7) is 20.5. The molecule has 0 saturated carbocycles. The lowest BCUT2D eigenvalue weighted by atomic mass is 9.59. The van der Waals surface area contributed by atoms with E-state index in [-0.39, 0.29) is 0 Å². The SMILES string of the molecule is COC(=O)C1(C)OC(C)(OC(=N)C(Cl)(Cl)Cl)[C@@](C)(OC(=O)C(C)(C)C)[C@@](C)(OC(=O)C(C)(C)C)[C@]1(C)OC(=O)C(C)(C)C. The van der Waals surface area contributed by atoms with Crippen molar-refractivity contribution >= 4 is 64.6 Å². The predicted octanol–water partition coefficient (Wildman–Crippen LogP) is 6.07. The number of esters is 4. The monoisotopic (exact) mass is 673 g/mol. The number of hydrogen-bond donors (Lipinski definition) is 1. The zero-order valence-corrected chi connectivity index (χ0v) is 30.0. The van der Waals surface area contributed by atoms with Crippen molar-refractivity contribution in [1.82, 2.24) is 0 Å². The fraction of sp³-hybridized carbons (Fsp3) is 0.828. The second-order valence-corrected chi connectivity index (χ2v) is 16.8. The van der Waals surface area contributed by atoms with Gasteiger partial charge in [0.05, 0.1) is 23.4 Å². The van der Waals surface area contributed by atoms with Gasteiger partial charge in [-0.3, -0.25) is 19.8 Å². The van der Waals surface area contributed by atoms with Crippen molar-refractivity contribution in [2.24, 2.45) is 16.2 Å². The first-order valence-electron chi connectivity index (χ1n) is 13.5. The number of ether oxygens (including phenoxy) is 6. The van der Waals surface area contributed by atoms with Crippen molar-refractivity contribution in [3.05, 3.63) is 0 Å². The third kappa shape index (κ3) is 6.89. The van der Waals surface area contributed by atoms with Gasteiger partial charge in [-0.1, -0.05) is 34.8 Å². The van der Waals surface area contributed by atoms with Gasteiger partial charge in [-0.25, -0.2) is 4.79 Å². The van der Waals surface area contributed by atoms with Gasteiger partial charge in [0.25, 0.3) is 9.58 Å². The Balaban J connectivity index is 4.50. The normalized spacial score (nSPS) is 31.9. The van der Waals surface area contributed by atoms with Gasteiger partial charge in [-0.2, -0.15) is 0 Å². The van der Waals surface area contributed by atoms with Crippen LogP contribution in [0.3, 0.4) is 0 Å². The molecule has 248 valence electrons. The Morgan fingerprint density at radius 1 is 0.605 bits per heavy atom. The summed E-state index contributed by atoms with van der Waals surface area (Å²) in [5.74, 6) is -7.01. The van der Waals surface area contributed by atoms with Crippen molar-refractivity contribution in [3.8, 4) is 0 Å². The lowest BCUT2D eigenvalue weighted by molar-refractivity contribution is -0.435. The van der Waals surface area contributed by atoms with Gasteiger partial charge >= 0.3 is 23.9 Å². The largest absolute Gasteiger partial charge is 0.467 e. The lowest BCUT2D eigenvalue weighted by Crippen LogP contribution is -2.88. The Morgan fingerprint density at radius 3 is 1.23 bits per heavy atom. The molecular formula is C29H46Cl3NO10. The maximum Gasteiger partial charge on any atom is 0.342 e. The van der Waals surface area contributed by atoms with Crippen LogP contribution in [0.25, 0.3) is 0 Å². The van der Waals surface area contributed by atoms with Crippen LogP contribution in [0.15, 0.2) is 0 Å². The van der Waals surface area contributed by atoms with Crippen LogP contribution in [0, 0.1) is 21.7 Å². The van der Waals surface area contributed by atoms with Gasteiger partial charge in [0.2, 0.25) is 17.1 Å². The highest BCUT2D eigenvalue weighted by atomic mass is 35.6. The number of carbonyl (C=O) groups is 4. The number of methoxy groups -OCH3 is 1. The standard InChI is InChI=1S/C29H46Cl3NO10/c1-21(2,3)17(34)40-25(11)24(10,20(37)38-15)43-28(14,39-16(33)29(30,31)32)27(13,42-19(36)23(7,8)9)26(25,12)41-18(35)22(4,5)6/h33H,1-15H3/t24?,25-,26+,27+,28?/m1/s1. The highest BCUT2D eigenvalue weighted by molar-refractivity contribution is 6.76. The molecular weight excluding hydrogens is 629 g/mol. The van der Waals surface area contributed by atoms with E-state index < -0.39 is 78.0 Å². The zero-order chi connectivity index (χ0) is 34.6. The Morgan fingerprint density at radius 2 is 0.930 bits per heavy atom. The maximum atomic E-state index is 13.7. The molecule has 1 aliphatic heterocycles. The summed E-state index contributed by atoms with van der Waals surface area (Å²) in [7, 11) is 1.07. The van der Waals surface area contributed by atoms with Crippen LogP contribution >= 0.6 is 34.8 Å². The minimum atomic E-state index is -2.45. The fourth-order valence-electron chi connectivity index (χ4n) is 4.33. The van der Waals surface area contributed by atoms with E-state index >= 15 is 0 Å². The highest BCUT2D eigenvalue weighted by Gasteiger charge is 2.84. The second-order valence-electron chi connectivity index (χ2n) is 14.5. The van der Waals surface area contributed by atoms with E-state index in [9.17, 15) is 19.2 Å². The van der Waals surface area contributed by atoms with Crippen molar-refractivity contribution in [2.45, 2.75) is 129 Å². The van der Waals surface area contributed by atoms with E-state index in [0.717, 1.165) is 7.11 Å². The first-order valence-corrected chi connectivity index (χ1v) is 14.7. The van der Waals surface area contributed by atoms with Crippen molar-refractivity contribution in [2.75, 3.05) is 7.11 Å². The van der Waals surface area contributed by atoms with Crippen LogP contribution in [-0.2, 0) is 47.6 Å². The number of carbonyl (C=O) groups excluding carboxylic acids is 4. The molecule has 2 unspecified atom stereocenters. The fourth-order valence-corrected chi connectivity index (χ4v) is 4.44. The molecule has 11 nitrogen and oxygen atoms in total. The highest BCUT2D eigenvalue weighted by Crippen LogP contribution is 2.60. The second kappa shape index (κ2) is 11.5. The summed E-state index contributed by atoms with van der Waals surface area (Å²) in [6, 6.07) is 0. The molecule has 0 aromatic heterocycles. The van der Waals surface area contributed by atoms with Crippen molar-refractivity contribution < 1.29 is 47.6 Å². The van der Waals surface area contributed by atoms with Crippen LogP contribution in [-0.4, -0.2) is 68.9 Å². The minimum absolute atomic E-state index is 0.824. The average molecular weight is 675 g/mol. The van der Waals surface area contributed by atoms with E-state index in [1.165, 1.54) is 34.6 Å². The summed E-state index contributed by atoms with van der Waals surface area (Å²) in [5, 5.41) is 8.38. The van der Waals surface area contributed by atoms with Crippen LogP contribution in [0.4, 0.5) is 0 Å². The smallest absolute Gasteiger partial charge is 0.342 e. The van der Waals surface area contributed by atoms with Crippen LogP contribution in [0.2, 0.25) is 0 Å². The summed E-state index contributed by atoms with van der Waals surface area (Å²) in [4.78, 5) is 54.6. The minimum Gasteiger partial charge on any atom is -0.467 e. The third-order valence-corrected chi connectivity index (χ3v) is 8.37. The summed E-state index contributed by atoms with van der Waals surface area (Å²) < 4.78 is 33.3. The van der Waals surface area contributed by atoms with E-state index in [1.54, 1.807) is 62.3 Å². The molecule has 0 amide bonds. The molecule has 1 heterocycles. The van der Waals surface area contributed by atoms with Crippen molar-refractivity contribution in [1.29, 1.82) is 5.41 Å². The first-order chi connectivity index (χ1) is 18.7. The predicted molar refractivity (Wildman–Crippen MR) is 161 cm³/mol. The summed E-state index contributed by atoms with van der Waals surface area (Å²) >= 11 is 17.9. The quantitative estimate of drug-likeness (QED) is 0.120. The Hall–Kier alpha value is -1.82. The number of nitrogens with one attached hydrogen (secondary N) is 1. The lowest BCUT2D eigenvalue weighted by Gasteiger charge is -2.66. The Bertz CT molecular complexity index is 1160. The van der Waals surface area contributed by atoms with E-state index in [0.29, 0.717) is 0 Å². The molecule has 0 radical (unpaired) electrons. The molecule has 1 rings (SSSR count). The van der Waals surface area contributed by atoms with E-state index in [2.05, 4.69) is 0 Å². The zero-order valence-electron chi connectivity index (χ0n) is 27.7. The van der Waals surface area contributed by atoms with E-state index in [1.807, 2.05) is 0 Å². The molecule has 43 heavy (non-hydrogen) atoms. The van der Waals surface area contributed by atoms with Gasteiger partial charge in [0.1, 0.15) is 0 Å². The number of halogens is 3. The first kappa shape index (κ1) is 39.2. The Kier molecular flexibility index (Phi) is 10.5. The van der Waals surface area contributed by atoms with E-state index in [4.69, 9.17) is 68.6 Å². The Labute approximate surface area is 269 Å². The summed E-state index contributed by atoms with van der Waals surface area (Å²) in [5.41, 5.74) is -12.8. The molecule has 1 N–H and O–H groups in total. The van der Waals surface area contributed by atoms with Gasteiger partial charge in [-0.05, 0) is 90.0 Å². The molecule has 0 spiro atoms. The molecule has 1 aliphatic rings. The number of hydrogen-bond acceptors (Lipinski definition) is 11. The third-order valence-electron chi connectivity index (χ3n) is 7.85. The van der Waals surface area contributed by atoms with Gasteiger partial charge < -0.3 is 28.4 Å². The average Bonchev–Trinajstić information content (AvgIpc) is 2.79. The van der Waals surface area contributed by atoms with Gasteiger partial charge in [0.15, 0.2) is 11.2 Å². The van der Waals surface area contributed by atoms with Crippen LogP contribution in [0.1, 0.15) is 96.9 Å². The van der Waals surface area contributed by atoms with Crippen LogP contribution in [0.5, 0.6) is 0 Å². The molecule has 0 aromatic carbocycles. The van der Waals surface area contributed by atoms with Gasteiger partial charge in [-0.15, -0.1) is 0 Å². The molecule has 1 fully saturated rings. The van der Waals surface area contributed by atoms with Crippen LogP contribution < -0.4 is 0 Å². The van der Waals surface area contributed by atoms with Gasteiger partial charge in [0, 0.05) is 6.92 Å². The summed E-state index contributed by atoms with van der Waals surface area (Å²) in [6.07, 6.45) is 0. The molecule has 14 heteroatoms. The molecule has 0 aliphatic carbocycles. The maximum absolute atomic E-state index is 13.7. The topological polar surface area (TPSA) is 148 Å².